The number of piperazine rings is 1. The molecule has 9 heteroatoms. The predicted octanol–water partition coefficient (Wildman–Crippen LogP) is 2.81. The molecular formula is C22H20N4O3S2. The van der Waals surface area contributed by atoms with Gasteiger partial charge in [0, 0.05) is 31.6 Å². The highest BCUT2D eigenvalue weighted by Gasteiger charge is 2.37. The Morgan fingerprint density at radius 1 is 0.935 bits per heavy atom. The number of amides is 3. The summed E-state index contributed by atoms with van der Waals surface area (Å²) in [6.07, 6.45) is 0. The minimum Gasteiger partial charge on any atom is -0.339 e. The van der Waals surface area contributed by atoms with Gasteiger partial charge in [-0.3, -0.25) is 24.2 Å². The highest BCUT2D eigenvalue weighted by atomic mass is 32.1. The predicted molar refractivity (Wildman–Crippen MR) is 119 cm³/mol. The average Bonchev–Trinajstić information content (AvgIpc) is 3.53. The van der Waals surface area contributed by atoms with E-state index in [1.165, 1.54) is 4.88 Å². The van der Waals surface area contributed by atoms with Crippen LogP contribution in [0, 0.1) is 0 Å². The van der Waals surface area contributed by atoms with E-state index in [1.54, 1.807) is 51.8 Å². The van der Waals surface area contributed by atoms with E-state index < -0.39 is 11.8 Å². The molecule has 4 heterocycles. The van der Waals surface area contributed by atoms with Crippen LogP contribution in [0.2, 0.25) is 0 Å². The molecule has 1 saturated heterocycles. The molecule has 0 atom stereocenters. The average molecular weight is 453 g/mol. The Kier molecular flexibility index (Phi) is 5.39. The first-order chi connectivity index (χ1) is 15.1. The Labute approximate surface area is 187 Å². The van der Waals surface area contributed by atoms with E-state index >= 15 is 0 Å². The summed E-state index contributed by atoms with van der Waals surface area (Å²) in [5.74, 6) is -0.973. The summed E-state index contributed by atoms with van der Waals surface area (Å²) < 4.78 is 0. The Balaban J connectivity index is 1.15. The van der Waals surface area contributed by atoms with Crippen molar-refractivity contribution in [3.8, 4) is 10.6 Å². The van der Waals surface area contributed by atoms with Crippen molar-refractivity contribution in [2.75, 3.05) is 32.7 Å². The van der Waals surface area contributed by atoms with Crippen molar-refractivity contribution in [3.05, 3.63) is 63.3 Å². The number of imide groups is 1. The maximum atomic E-state index is 12.7. The molecule has 7 nitrogen and oxygen atoms in total. The summed E-state index contributed by atoms with van der Waals surface area (Å²) >= 11 is 3.34. The number of hydrogen-bond acceptors (Lipinski definition) is 7. The monoisotopic (exact) mass is 452 g/mol. The van der Waals surface area contributed by atoms with Gasteiger partial charge in [0.25, 0.3) is 11.8 Å². The van der Waals surface area contributed by atoms with Gasteiger partial charge in [0.15, 0.2) is 0 Å². The Morgan fingerprint density at radius 3 is 2.29 bits per heavy atom. The number of rotatable bonds is 5. The van der Waals surface area contributed by atoms with Gasteiger partial charge in [-0.2, -0.15) is 0 Å². The topological polar surface area (TPSA) is 73.8 Å². The molecule has 158 valence electrons. The maximum absolute atomic E-state index is 12.7. The van der Waals surface area contributed by atoms with Crippen molar-refractivity contribution >= 4 is 40.4 Å². The van der Waals surface area contributed by atoms with Crippen LogP contribution in [-0.2, 0) is 11.3 Å². The lowest BCUT2D eigenvalue weighted by Crippen LogP contribution is -2.51. The van der Waals surface area contributed by atoms with E-state index in [4.69, 9.17) is 4.98 Å². The minimum atomic E-state index is -0.391. The molecule has 1 aromatic carbocycles. The molecule has 0 spiro atoms. The van der Waals surface area contributed by atoms with Crippen molar-refractivity contribution in [2.24, 2.45) is 0 Å². The van der Waals surface area contributed by atoms with Crippen molar-refractivity contribution < 1.29 is 14.4 Å². The number of benzene rings is 1. The summed E-state index contributed by atoms with van der Waals surface area (Å²) in [5, 5.41) is 5.20. The van der Waals surface area contributed by atoms with Gasteiger partial charge >= 0.3 is 0 Å². The highest BCUT2D eigenvalue weighted by Crippen LogP contribution is 2.27. The van der Waals surface area contributed by atoms with E-state index in [2.05, 4.69) is 16.3 Å². The Bertz CT molecular complexity index is 1100. The first-order valence-corrected chi connectivity index (χ1v) is 11.8. The molecule has 0 radical (unpaired) electrons. The number of carbonyl (C=O) groups is 3. The van der Waals surface area contributed by atoms with Gasteiger partial charge < -0.3 is 4.90 Å². The van der Waals surface area contributed by atoms with Crippen LogP contribution in [0.1, 0.15) is 25.7 Å². The van der Waals surface area contributed by atoms with Gasteiger partial charge in [-0.15, -0.1) is 22.7 Å². The van der Waals surface area contributed by atoms with Gasteiger partial charge in [0.05, 0.1) is 28.2 Å². The smallest absolute Gasteiger partial charge is 0.262 e. The van der Waals surface area contributed by atoms with Gasteiger partial charge in [0.1, 0.15) is 11.6 Å². The molecule has 0 unspecified atom stereocenters. The van der Waals surface area contributed by atoms with Crippen molar-refractivity contribution in [1.82, 2.24) is 19.7 Å². The Hall–Kier alpha value is -2.88. The summed E-state index contributed by atoms with van der Waals surface area (Å²) in [7, 11) is 0. The normalized spacial score (nSPS) is 16.8. The number of fused-ring (bicyclic) bond motifs is 1. The second-order valence-electron chi connectivity index (χ2n) is 7.50. The molecule has 0 saturated carbocycles. The van der Waals surface area contributed by atoms with Crippen molar-refractivity contribution in [2.45, 2.75) is 6.54 Å². The van der Waals surface area contributed by atoms with Gasteiger partial charge in [-0.1, -0.05) is 18.2 Å². The molecule has 1 fully saturated rings. The quantitative estimate of drug-likeness (QED) is 0.557. The van der Waals surface area contributed by atoms with Crippen LogP contribution < -0.4 is 0 Å². The highest BCUT2D eigenvalue weighted by molar-refractivity contribution is 7.14. The fourth-order valence-corrected chi connectivity index (χ4v) is 5.48. The summed E-state index contributed by atoms with van der Waals surface area (Å²) in [4.78, 5) is 48.7. The van der Waals surface area contributed by atoms with Gasteiger partial charge in [0.2, 0.25) is 5.91 Å². The zero-order valence-corrected chi connectivity index (χ0v) is 18.3. The number of nitrogens with zero attached hydrogens (tertiary/aromatic N) is 4. The number of thiophene rings is 1. The summed E-state index contributed by atoms with van der Waals surface area (Å²) in [6.45, 7) is 3.18. The van der Waals surface area contributed by atoms with E-state index in [0.717, 1.165) is 35.2 Å². The molecule has 31 heavy (non-hydrogen) atoms. The van der Waals surface area contributed by atoms with Crippen molar-refractivity contribution in [3.63, 3.8) is 0 Å². The molecular weight excluding hydrogens is 432 g/mol. The van der Waals surface area contributed by atoms with Crippen LogP contribution >= 0.6 is 22.7 Å². The number of aromatic nitrogens is 1. The maximum Gasteiger partial charge on any atom is 0.262 e. The molecule has 2 aromatic heterocycles. The molecule has 2 aliphatic rings. The van der Waals surface area contributed by atoms with Gasteiger partial charge in [-0.25, -0.2) is 4.98 Å². The van der Waals surface area contributed by atoms with E-state index in [0.29, 0.717) is 24.2 Å². The molecule has 3 amide bonds. The third-order valence-corrected chi connectivity index (χ3v) is 7.31. The molecule has 3 aromatic rings. The second kappa shape index (κ2) is 8.33. The summed E-state index contributed by atoms with van der Waals surface area (Å²) in [6, 6.07) is 10.8. The standard InChI is InChI=1S/C22H20N4O3S2/c27-20(13-26-21(28)15-4-1-2-5-16(15)22(26)29)25-9-7-24(8-10-25)12-19-23-17(14-31-19)18-6-3-11-30-18/h1-6,11,14H,7-10,12-13H2. The second-order valence-corrected chi connectivity index (χ2v) is 9.39. The molecule has 2 aliphatic heterocycles. The number of thiazole rings is 1. The van der Waals surface area contributed by atoms with Crippen LogP contribution in [0.3, 0.4) is 0 Å². The first-order valence-electron chi connectivity index (χ1n) is 10.0. The lowest BCUT2D eigenvalue weighted by Gasteiger charge is -2.34. The summed E-state index contributed by atoms with van der Waals surface area (Å²) in [5.41, 5.74) is 1.76. The van der Waals surface area contributed by atoms with E-state index in [1.807, 2.05) is 11.4 Å². The zero-order valence-electron chi connectivity index (χ0n) is 16.7. The number of hydrogen-bond donors (Lipinski definition) is 0. The van der Waals surface area contributed by atoms with Crippen LogP contribution in [-0.4, -0.2) is 70.1 Å². The van der Waals surface area contributed by atoms with Crippen LogP contribution in [0.4, 0.5) is 0 Å². The molecule has 0 aliphatic carbocycles. The van der Waals surface area contributed by atoms with Crippen LogP contribution in [0.25, 0.3) is 10.6 Å². The largest absolute Gasteiger partial charge is 0.339 e. The zero-order chi connectivity index (χ0) is 21.4. The van der Waals surface area contributed by atoms with E-state index in [-0.39, 0.29) is 12.5 Å². The van der Waals surface area contributed by atoms with Crippen LogP contribution in [0.5, 0.6) is 0 Å². The van der Waals surface area contributed by atoms with Crippen LogP contribution in [0.15, 0.2) is 47.2 Å². The minimum absolute atomic E-state index is 0.191. The number of carbonyl (C=O) groups excluding carboxylic acids is 3. The van der Waals surface area contributed by atoms with E-state index in [9.17, 15) is 14.4 Å². The lowest BCUT2D eigenvalue weighted by molar-refractivity contribution is -0.133. The fourth-order valence-electron chi connectivity index (χ4n) is 3.89. The third kappa shape index (κ3) is 3.91. The Morgan fingerprint density at radius 2 is 1.65 bits per heavy atom. The first kappa shape index (κ1) is 20.0. The molecule has 0 bridgehead atoms. The SMILES string of the molecule is O=C(CN1C(=O)c2ccccc2C1=O)N1CCN(Cc2nc(-c3cccs3)cs2)CC1. The lowest BCUT2D eigenvalue weighted by atomic mass is 10.1. The third-order valence-electron chi connectivity index (χ3n) is 5.58. The van der Waals surface area contributed by atoms with Gasteiger partial charge in [-0.05, 0) is 23.6 Å². The van der Waals surface area contributed by atoms with Crippen molar-refractivity contribution in [1.29, 1.82) is 0 Å². The fraction of sp³-hybridized carbons (Fsp3) is 0.273. The molecule has 5 rings (SSSR count). The molecule has 0 N–H and O–H groups in total.